The van der Waals surface area contributed by atoms with E-state index in [0.717, 1.165) is 29.6 Å². The normalized spacial score (nSPS) is 14.0. The van der Waals surface area contributed by atoms with Gasteiger partial charge in [-0.05, 0) is 44.9 Å². The van der Waals surface area contributed by atoms with Gasteiger partial charge in [0.1, 0.15) is 5.75 Å². The van der Waals surface area contributed by atoms with Crippen molar-refractivity contribution in [2.75, 3.05) is 12.4 Å². The summed E-state index contributed by atoms with van der Waals surface area (Å²) < 4.78 is 7.21. The molecular weight excluding hydrogens is 328 g/mol. The molecule has 1 aliphatic rings. The molecule has 0 unspecified atom stereocenters. The van der Waals surface area contributed by atoms with E-state index in [1.54, 1.807) is 13.3 Å². The van der Waals surface area contributed by atoms with Crippen LogP contribution in [0, 0.1) is 0 Å². The standard InChI is InChI=1S/C20H22N4O2/c1-12(2)24-19-15(11-21-24)14(10-17(22-19)13-8-9-13)20(25)23-16-6-4-5-7-18(16)26-3/h4-7,10-13H,8-9H2,1-3H3,(H,23,25). The van der Waals surface area contributed by atoms with Crippen LogP contribution in [0.15, 0.2) is 36.5 Å². The second kappa shape index (κ2) is 6.44. The number of aromatic nitrogens is 3. The number of nitrogens with zero attached hydrogens (tertiary/aromatic N) is 3. The second-order valence-electron chi connectivity index (χ2n) is 6.94. The van der Waals surface area contributed by atoms with E-state index in [1.165, 1.54) is 0 Å². The quantitative estimate of drug-likeness (QED) is 0.750. The number of carbonyl (C=O) groups excluding carboxylic acids is 1. The van der Waals surface area contributed by atoms with Crippen molar-refractivity contribution in [1.29, 1.82) is 0 Å². The van der Waals surface area contributed by atoms with Crippen LogP contribution in [0.4, 0.5) is 5.69 Å². The van der Waals surface area contributed by atoms with Crippen LogP contribution < -0.4 is 10.1 Å². The average Bonchev–Trinajstić information content (AvgIpc) is 3.40. The van der Waals surface area contributed by atoms with Crippen LogP contribution in [0.1, 0.15) is 54.7 Å². The number of methoxy groups -OCH3 is 1. The van der Waals surface area contributed by atoms with Gasteiger partial charge in [-0.25, -0.2) is 9.67 Å². The molecule has 4 rings (SSSR count). The van der Waals surface area contributed by atoms with Crippen LogP contribution in [0.3, 0.4) is 0 Å². The number of amides is 1. The fourth-order valence-electron chi connectivity index (χ4n) is 3.13. The third-order valence-corrected chi connectivity index (χ3v) is 4.67. The Morgan fingerprint density at radius 3 is 2.77 bits per heavy atom. The molecule has 1 aliphatic carbocycles. The van der Waals surface area contributed by atoms with Crippen molar-refractivity contribution in [3.8, 4) is 5.75 Å². The highest BCUT2D eigenvalue weighted by Crippen LogP contribution is 2.40. The number of hydrogen-bond acceptors (Lipinski definition) is 4. The van der Waals surface area contributed by atoms with Gasteiger partial charge in [-0.2, -0.15) is 5.10 Å². The van der Waals surface area contributed by atoms with Crippen molar-refractivity contribution in [3.63, 3.8) is 0 Å². The maximum absolute atomic E-state index is 13.0. The third kappa shape index (κ3) is 2.92. The van der Waals surface area contributed by atoms with Gasteiger partial charge in [0, 0.05) is 17.7 Å². The van der Waals surface area contributed by atoms with Crippen molar-refractivity contribution in [1.82, 2.24) is 14.8 Å². The summed E-state index contributed by atoms with van der Waals surface area (Å²) in [5, 5.41) is 8.19. The molecule has 0 aliphatic heterocycles. The van der Waals surface area contributed by atoms with E-state index in [2.05, 4.69) is 24.3 Å². The molecule has 0 saturated heterocycles. The molecule has 0 radical (unpaired) electrons. The summed E-state index contributed by atoms with van der Waals surface area (Å²) in [5.41, 5.74) is 3.00. The predicted molar refractivity (Wildman–Crippen MR) is 101 cm³/mol. The summed E-state index contributed by atoms with van der Waals surface area (Å²) in [7, 11) is 1.59. The number of benzene rings is 1. The van der Waals surface area contributed by atoms with Gasteiger partial charge in [0.05, 0.1) is 29.9 Å². The minimum Gasteiger partial charge on any atom is -0.495 e. The Hall–Kier alpha value is -2.89. The largest absolute Gasteiger partial charge is 0.495 e. The van der Waals surface area contributed by atoms with Gasteiger partial charge >= 0.3 is 0 Å². The van der Waals surface area contributed by atoms with E-state index < -0.39 is 0 Å². The molecule has 1 fully saturated rings. The number of nitrogens with one attached hydrogen (secondary N) is 1. The number of carbonyl (C=O) groups is 1. The monoisotopic (exact) mass is 350 g/mol. The lowest BCUT2D eigenvalue weighted by Crippen LogP contribution is -2.14. The fourth-order valence-corrected chi connectivity index (χ4v) is 3.13. The molecule has 0 atom stereocenters. The van der Waals surface area contributed by atoms with Crippen LogP contribution in [-0.2, 0) is 0 Å². The molecule has 1 amide bonds. The molecule has 3 aromatic rings. The van der Waals surface area contributed by atoms with Crippen molar-refractivity contribution >= 4 is 22.6 Å². The Labute approximate surface area is 152 Å². The third-order valence-electron chi connectivity index (χ3n) is 4.67. The number of rotatable bonds is 5. The second-order valence-corrected chi connectivity index (χ2v) is 6.94. The lowest BCUT2D eigenvalue weighted by atomic mass is 10.1. The Kier molecular flexibility index (Phi) is 4.11. The van der Waals surface area contributed by atoms with Gasteiger partial charge in [0.15, 0.2) is 5.65 Å². The maximum Gasteiger partial charge on any atom is 0.256 e. The van der Waals surface area contributed by atoms with E-state index in [4.69, 9.17) is 9.72 Å². The molecule has 1 aromatic carbocycles. The molecule has 1 saturated carbocycles. The van der Waals surface area contributed by atoms with E-state index in [9.17, 15) is 4.79 Å². The molecule has 26 heavy (non-hydrogen) atoms. The molecule has 6 nitrogen and oxygen atoms in total. The number of para-hydroxylation sites is 2. The van der Waals surface area contributed by atoms with Crippen LogP contribution in [0.5, 0.6) is 5.75 Å². The summed E-state index contributed by atoms with van der Waals surface area (Å²) in [4.78, 5) is 17.8. The number of hydrogen-bond donors (Lipinski definition) is 1. The number of fused-ring (bicyclic) bond motifs is 1. The highest BCUT2D eigenvalue weighted by atomic mass is 16.5. The van der Waals surface area contributed by atoms with Gasteiger partial charge in [0.25, 0.3) is 5.91 Å². The Morgan fingerprint density at radius 2 is 2.08 bits per heavy atom. The molecule has 2 aromatic heterocycles. The van der Waals surface area contributed by atoms with Gasteiger partial charge in [0.2, 0.25) is 0 Å². The summed E-state index contributed by atoms with van der Waals surface area (Å²) in [6.07, 6.45) is 3.99. The Bertz CT molecular complexity index is 973. The number of ether oxygens (including phenoxy) is 1. The first-order valence-electron chi connectivity index (χ1n) is 8.91. The van der Waals surface area contributed by atoms with Crippen molar-refractivity contribution in [2.45, 2.75) is 38.6 Å². The molecule has 6 heteroatoms. The van der Waals surface area contributed by atoms with Gasteiger partial charge in [-0.15, -0.1) is 0 Å². The van der Waals surface area contributed by atoms with Gasteiger partial charge in [-0.3, -0.25) is 4.79 Å². The Balaban J connectivity index is 1.78. The number of anilines is 1. The zero-order chi connectivity index (χ0) is 18.3. The van der Waals surface area contributed by atoms with Crippen LogP contribution in [0.25, 0.3) is 11.0 Å². The average molecular weight is 350 g/mol. The van der Waals surface area contributed by atoms with Crippen molar-refractivity contribution in [3.05, 3.63) is 47.8 Å². The van der Waals surface area contributed by atoms with Gasteiger partial charge < -0.3 is 10.1 Å². The SMILES string of the molecule is COc1ccccc1NC(=O)c1cc(C2CC2)nc2c1cnn2C(C)C. The lowest BCUT2D eigenvalue weighted by Gasteiger charge is -2.12. The first kappa shape index (κ1) is 16.6. The number of pyridine rings is 1. The smallest absolute Gasteiger partial charge is 0.256 e. The molecule has 2 heterocycles. The molecule has 134 valence electrons. The minimum absolute atomic E-state index is 0.174. The van der Waals surface area contributed by atoms with Crippen LogP contribution in [0.2, 0.25) is 0 Å². The summed E-state index contributed by atoms with van der Waals surface area (Å²) >= 11 is 0. The highest BCUT2D eigenvalue weighted by molar-refractivity contribution is 6.12. The highest BCUT2D eigenvalue weighted by Gasteiger charge is 2.28. The zero-order valence-corrected chi connectivity index (χ0v) is 15.2. The summed E-state index contributed by atoms with van der Waals surface area (Å²) in [6.45, 7) is 4.12. The topological polar surface area (TPSA) is 69.0 Å². The van der Waals surface area contributed by atoms with Crippen molar-refractivity contribution < 1.29 is 9.53 Å². The molecule has 0 spiro atoms. The minimum atomic E-state index is -0.174. The fraction of sp³-hybridized carbons (Fsp3) is 0.350. The molecule has 1 N–H and O–H groups in total. The zero-order valence-electron chi connectivity index (χ0n) is 15.2. The van der Waals surface area contributed by atoms with Crippen LogP contribution in [-0.4, -0.2) is 27.8 Å². The van der Waals surface area contributed by atoms with E-state index in [1.807, 2.05) is 35.0 Å². The summed E-state index contributed by atoms with van der Waals surface area (Å²) in [6, 6.07) is 9.49. The lowest BCUT2D eigenvalue weighted by molar-refractivity contribution is 0.102. The van der Waals surface area contributed by atoms with Crippen molar-refractivity contribution in [2.24, 2.45) is 0 Å². The Morgan fingerprint density at radius 1 is 1.31 bits per heavy atom. The van der Waals surface area contributed by atoms with E-state index in [-0.39, 0.29) is 11.9 Å². The predicted octanol–water partition coefficient (Wildman–Crippen LogP) is 4.15. The van der Waals surface area contributed by atoms with Crippen LogP contribution >= 0.6 is 0 Å². The van der Waals surface area contributed by atoms with Gasteiger partial charge in [-0.1, -0.05) is 12.1 Å². The van der Waals surface area contributed by atoms with E-state index in [0.29, 0.717) is 22.9 Å². The van der Waals surface area contributed by atoms with E-state index >= 15 is 0 Å². The summed E-state index contributed by atoms with van der Waals surface area (Å²) in [5.74, 6) is 0.909. The first-order valence-corrected chi connectivity index (χ1v) is 8.91. The molecular formula is C20H22N4O2. The first-order chi connectivity index (χ1) is 12.6. The molecule has 0 bridgehead atoms. The maximum atomic E-state index is 13.0.